The summed E-state index contributed by atoms with van der Waals surface area (Å²) < 4.78 is 1.69. The van der Waals surface area contributed by atoms with E-state index in [0.29, 0.717) is 22.7 Å². The van der Waals surface area contributed by atoms with Crippen molar-refractivity contribution < 1.29 is 19.4 Å². The monoisotopic (exact) mass is 644 g/mol. The number of carbonyl (C=O) groups excluding carboxylic acids is 3. The lowest BCUT2D eigenvalue weighted by Crippen LogP contribution is -2.42. The van der Waals surface area contributed by atoms with Gasteiger partial charge in [-0.25, -0.2) is 0 Å². The van der Waals surface area contributed by atoms with Gasteiger partial charge in [0.05, 0.1) is 17.1 Å². The molecule has 0 saturated heterocycles. The van der Waals surface area contributed by atoms with Crippen LogP contribution in [0.5, 0.6) is 0 Å². The van der Waals surface area contributed by atoms with E-state index in [9.17, 15) is 19.4 Å². The molecule has 0 spiro atoms. The fourth-order valence-corrected chi connectivity index (χ4v) is 3.48. The summed E-state index contributed by atoms with van der Waals surface area (Å²) in [6.45, 7) is 4.53. The fraction of sp³-hybridized carbons (Fsp3) is 0.211. The van der Waals surface area contributed by atoms with Crippen molar-refractivity contribution in [1.82, 2.24) is 0 Å². The predicted molar refractivity (Wildman–Crippen MR) is 142 cm³/mol. The minimum atomic E-state index is -1.46. The summed E-state index contributed by atoms with van der Waals surface area (Å²) in [5.41, 5.74) is 0.129. The maximum Gasteiger partial charge on any atom is 0.406 e. The van der Waals surface area contributed by atoms with Crippen LogP contribution in [0.25, 0.3) is 0 Å². The first-order chi connectivity index (χ1) is 14.4. The van der Waals surface area contributed by atoms with E-state index in [1.165, 1.54) is 13.8 Å². The van der Waals surface area contributed by atoms with Gasteiger partial charge in [0.1, 0.15) is 5.41 Å². The highest BCUT2D eigenvalue weighted by molar-refractivity contribution is 14.1. The summed E-state index contributed by atoms with van der Waals surface area (Å²) in [5, 5.41) is 20.4. The standard InChI is InChI=1S/C19H20B2I2N4O4/c1-19(2,16(28)24-14-8-10(22)4-6-12(14)26-18(20)30)17(29)25-15-9-11(23)5-7-13(15)27-21(3)31/h4-9,27,31H,1-3H3,(H,24,28)(H,25,29)(H,26,30). The van der Waals surface area contributed by atoms with Gasteiger partial charge in [-0.3, -0.25) is 14.4 Å². The van der Waals surface area contributed by atoms with Crippen molar-refractivity contribution in [3.8, 4) is 0 Å². The average Bonchev–Trinajstić information content (AvgIpc) is 2.65. The predicted octanol–water partition coefficient (Wildman–Crippen LogP) is 3.72. The van der Waals surface area contributed by atoms with Gasteiger partial charge in [0, 0.05) is 12.8 Å². The summed E-state index contributed by atoms with van der Waals surface area (Å²) in [4.78, 5) is 37.2. The molecule has 0 fully saturated rings. The first-order valence-corrected chi connectivity index (χ1v) is 11.3. The molecular formula is C19H20B2I2N4O4. The highest BCUT2D eigenvalue weighted by Crippen LogP contribution is 2.30. The highest BCUT2D eigenvalue weighted by Gasteiger charge is 2.37. The van der Waals surface area contributed by atoms with Crippen LogP contribution in [0.2, 0.25) is 6.82 Å². The van der Waals surface area contributed by atoms with Crippen LogP contribution in [0.3, 0.4) is 0 Å². The Balaban J connectivity index is 2.25. The molecule has 2 aromatic carbocycles. The van der Waals surface area contributed by atoms with Gasteiger partial charge < -0.3 is 26.2 Å². The summed E-state index contributed by atoms with van der Waals surface area (Å²) in [7, 11) is 4.36. The first-order valence-electron chi connectivity index (χ1n) is 9.13. The Morgan fingerprint density at radius 1 is 0.871 bits per heavy atom. The highest BCUT2D eigenvalue weighted by atomic mass is 127. The van der Waals surface area contributed by atoms with Crippen LogP contribution in [-0.2, 0) is 9.59 Å². The summed E-state index contributed by atoms with van der Waals surface area (Å²) in [6, 6.07) is 10.3. The van der Waals surface area contributed by atoms with Gasteiger partial charge in [0.2, 0.25) is 19.7 Å². The molecule has 2 aromatic rings. The van der Waals surface area contributed by atoms with E-state index in [-0.39, 0.29) is 0 Å². The molecule has 31 heavy (non-hydrogen) atoms. The number of carbonyl (C=O) groups is 3. The van der Waals surface area contributed by atoms with E-state index in [0.717, 1.165) is 7.14 Å². The van der Waals surface area contributed by atoms with Crippen LogP contribution < -0.4 is 21.2 Å². The zero-order chi connectivity index (χ0) is 23.3. The molecule has 12 heteroatoms. The zero-order valence-corrected chi connectivity index (χ0v) is 21.4. The molecule has 0 heterocycles. The maximum absolute atomic E-state index is 13.0. The Kier molecular flexibility index (Phi) is 8.77. The Hall–Kier alpha value is -1.80. The van der Waals surface area contributed by atoms with Crippen LogP contribution in [-0.4, -0.2) is 37.5 Å². The fourth-order valence-electron chi connectivity index (χ4n) is 2.49. The Morgan fingerprint density at radius 2 is 1.32 bits per heavy atom. The quantitative estimate of drug-likeness (QED) is 0.179. The van der Waals surface area contributed by atoms with Crippen molar-refractivity contribution in [1.29, 1.82) is 0 Å². The summed E-state index contributed by atoms with van der Waals surface area (Å²) in [5.74, 6) is -1.89. The number of halogens is 2. The largest absolute Gasteiger partial charge is 0.433 e. The second-order valence-electron chi connectivity index (χ2n) is 7.22. The third kappa shape index (κ3) is 7.10. The lowest BCUT2D eigenvalue weighted by atomic mass is 9.88. The molecule has 5 N–H and O–H groups in total. The van der Waals surface area contributed by atoms with E-state index in [1.807, 2.05) is 6.07 Å². The van der Waals surface area contributed by atoms with Gasteiger partial charge in [-0.15, -0.1) is 0 Å². The van der Waals surface area contributed by atoms with Crippen molar-refractivity contribution in [3.63, 3.8) is 0 Å². The first kappa shape index (κ1) is 25.5. The van der Waals surface area contributed by atoms with Gasteiger partial charge in [-0.05, 0) is 102 Å². The molecule has 0 aromatic heterocycles. The molecule has 3 amide bonds. The number of nitrogens with one attached hydrogen (secondary N) is 4. The van der Waals surface area contributed by atoms with Gasteiger partial charge in [-0.1, -0.05) is 0 Å². The molecule has 8 nitrogen and oxygen atoms in total. The molecule has 0 saturated carbocycles. The number of hydrogen-bond donors (Lipinski definition) is 5. The Bertz CT molecular complexity index is 1020. The van der Waals surface area contributed by atoms with E-state index in [1.54, 1.807) is 37.2 Å². The number of benzene rings is 2. The molecule has 0 atom stereocenters. The van der Waals surface area contributed by atoms with Gasteiger partial charge >= 0.3 is 7.05 Å². The zero-order valence-electron chi connectivity index (χ0n) is 17.0. The number of rotatable bonds is 7. The van der Waals surface area contributed by atoms with Crippen LogP contribution in [0, 0.1) is 12.6 Å². The van der Waals surface area contributed by atoms with Crippen LogP contribution in [0.15, 0.2) is 36.4 Å². The maximum atomic E-state index is 13.0. The third-order valence-electron chi connectivity index (χ3n) is 4.22. The van der Waals surface area contributed by atoms with E-state index in [2.05, 4.69) is 66.4 Å². The van der Waals surface area contributed by atoms with E-state index >= 15 is 0 Å². The number of amides is 3. The van der Waals surface area contributed by atoms with Crippen molar-refractivity contribution in [2.45, 2.75) is 20.7 Å². The Morgan fingerprint density at radius 3 is 1.77 bits per heavy atom. The van der Waals surface area contributed by atoms with Crippen molar-refractivity contribution >= 4 is 100 Å². The van der Waals surface area contributed by atoms with Gasteiger partial charge in [-0.2, -0.15) is 0 Å². The topological polar surface area (TPSA) is 120 Å². The van der Waals surface area contributed by atoms with E-state index in [4.69, 9.17) is 7.85 Å². The van der Waals surface area contributed by atoms with Crippen LogP contribution in [0.4, 0.5) is 27.5 Å². The van der Waals surface area contributed by atoms with Crippen LogP contribution in [0.1, 0.15) is 13.8 Å². The lowest BCUT2D eigenvalue weighted by molar-refractivity contribution is -0.135. The molecule has 2 rings (SSSR count). The normalized spacial score (nSPS) is 10.8. The third-order valence-corrected chi connectivity index (χ3v) is 5.56. The molecule has 0 bridgehead atoms. The summed E-state index contributed by atoms with van der Waals surface area (Å²) in [6.07, 6.45) is 0. The molecule has 0 unspecified atom stereocenters. The van der Waals surface area contributed by atoms with Gasteiger partial charge in [0.15, 0.2) is 5.81 Å². The molecule has 2 radical (unpaired) electrons. The molecule has 0 aliphatic rings. The molecule has 160 valence electrons. The minimum Gasteiger partial charge on any atom is -0.433 e. The second kappa shape index (κ2) is 10.7. The van der Waals surface area contributed by atoms with Crippen molar-refractivity contribution in [2.75, 3.05) is 21.2 Å². The van der Waals surface area contributed by atoms with E-state index < -0.39 is 30.1 Å². The Labute approximate surface area is 209 Å². The lowest BCUT2D eigenvalue weighted by Gasteiger charge is -2.24. The smallest absolute Gasteiger partial charge is 0.406 e. The number of hydrogen-bond acceptors (Lipinski definition) is 5. The van der Waals surface area contributed by atoms with Crippen LogP contribution >= 0.6 is 45.2 Å². The molecular weight excluding hydrogens is 624 g/mol. The average molecular weight is 644 g/mol. The minimum absolute atomic E-state index is 0.318. The van der Waals surface area contributed by atoms with Gasteiger partial charge in [0.25, 0.3) is 0 Å². The molecule has 0 aliphatic carbocycles. The van der Waals surface area contributed by atoms with Crippen molar-refractivity contribution in [3.05, 3.63) is 43.5 Å². The SMILES string of the molecule is [B]C(=O)Nc1ccc(I)cc1NC(=O)C(C)(C)C(=O)Nc1cc(I)ccc1NB(C)O. The second-order valence-corrected chi connectivity index (χ2v) is 9.71. The summed E-state index contributed by atoms with van der Waals surface area (Å²) >= 11 is 4.17. The molecule has 0 aliphatic heterocycles. The number of anilines is 4. The van der Waals surface area contributed by atoms with Crippen molar-refractivity contribution in [2.24, 2.45) is 5.41 Å².